The maximum atomic E-state index is 12.4. The second-order valence-electron chi connectivity index (χ2n) is 6.36. The summed E-state index contributed by atoms with van der Waals surface area (Å²) >= 11 is 0. The van der Waals surface area contributed by atoms with E-state index in [1.807, 2.05) is 38.1 Å². The van der Waals surface area contributed by atoms with E-state index >= 15 is 0 Å². The van der Waals surface area contributed by atoms with Gasteiger partial charge in [0.1, 0.15) is 5.76 Å². The molecule has 0 spiro atoms. The monoisotopic (exact) mass is 345 g/mol. The number of aromatic nitrogens is 1. The van der Waals surface area contributed by atoms with E-state index in [-0.39, 0.29) is 6.04 Å². The highest BCUT2D eigenvalue weighted by Crippen LogP contribution is 2.33. The first-order valence-corrected chi connectivity index (χ1v) is 9.52. The first kappa shape index (κ1) is 15.4. The molecule has 2 N–H and O–H groups in total. The Kier molecular flexibility index (Phi) is 3.51. The van der Waals surface area contributed by atoms with Crippen LogP contribution in [-0.2, 0) is 10.0 Å². The average molecular weight is 345 g/mol. The summed E-state index contributed by atoms with van der Waals surface area (Å²) in [7, 11) is -3.42. The van der Waals surface area contributed by atoms with Crippen LogP contribution in [0.4, 0.5) is 5.69 Å². The largest absolute Gasteiger partial charge is 0.364 e. The summed E-state index contributed by atoms with van der Waals surface area (Å²) in [6.07, 6.45) is 5.37. The standard InChI is InChI=1S/C17H19N3O3S/c1-10-17(11(2)23-19-10)13-4-3-12-5-8-16(18-15(12)9-13)24(21,22)20-14-6-7-14/h3-5,8-9,14,16,18,20H,6-7H2,1-2H3. The molecule has 7 heteroatoms. The Morgan fingerprint density at radius 3 is 2.75 bits per heavy atom. The third kappa shape index (κ3) is 2.74. The minimum atomic E-state index is -3.42. The molecular weight excluding hydrogens is 326 g/mol. The van der Waals surface area contributed by atoms with Crippen molar-refractivity contribution in [2.75, 3.05) is 5.32 Å². The Labute approximate surface area is 141 Å². The van der Waals surface area contributed by atoms with E-state index in [1.165, 1.54) is 0 Å². The van der Waals surface area contributed by atoms with Gasteiger partial charge in [-0.2, -0.15) is 0 Å². The van der Waals surface area contributed by atoms with Gasteiger partial charge >= 0.3 is 0 Å². The van der Waals surface area contributed by atoms with E-state index < -0.39 is 15.4 Å². The van der Waals surface area contributed by atoms with E-state index in [1.54, 1.807) is 6.08 Å². The molecule has 24 heavy (non-hydrogen) atoms. The number of benzene rings is 1. The van der Waals surface area contributed by atoms with E-state index in [4.69, 9.17) is 4.52 Å². The third-order valence-electron chi connectivity index (χ3n) is 4.37. The van der Waals surface area contributed by atoms with Crippen molar-refractivity contribution >= 4 is 21.8 Å². The van der Waals surface area contributed by atoms with Crippen molar-refractivity contribution in [2.24, 2.45) is 0 Å². The second kappa shape index (κ2) is 5.46. The van der Waals surface area contributed by atoms with E-state index in [0.717, 1.165) is 46.7 Å². The first-order chi connectivity index (χ1) is 11.4. The van der Waals surface area contributed by atoms with Crippen LogP contribution in [-0.4, -0.2) is 25.0 Å². The predicted octanol–water partition coefficient (Wildman–Crippen LogP) is 2.81. The van der Waals surface area contributed by atoms with Crippen molar-refractivity contribution in [1.82, 2.24) is 9.88 Å². The van der Waals surface area contributed by atoms with Crippen LogP contribution in [0.15, 0.2) is 28.8 Å². The van der Waals surface area contributed by atoms with Gasteiger partial charge in [-0.1, -0.05) is 23.4 Å². The van der Waals surface area contributed by atoms with Crippen molar-refractivity contribution in [3.8, 4) is 11.1 Å². The molecule has 0 saturated heterocycles. The summed E-state index contributed by atoms with van der Waals surface area (Å²) < 4.78 is 32.8. The SMILES string of the molecule is Cc1noc(C)c1-c1ccc2c(c1)NC(S(=O)(=O)NC1CC1)C=C2. The van der Waals surface area contributed by atoms with E-state index in [2.05, 4.69) is 15.2 Å². The summed E-state index contributed by atoms with van der Waals surface area (Å²) in [6, 6.07) is 6.01. The maximum absolute atomic E-state index is 12.4. The molecule has 0 bridgehead atoms. The molecule has 126 valence electrons. The average Bonchev–Trinajstić information content (AvgIpc) is 3.29. The Bertz CT molecular complexity index is 907. The summed E-state index contributed by atoms with van der Waals surface area (Å²) in [5, 5.41) is 6.35. The fraction of sp³-hybridized carbons (Fsp3) is 0.353. The molecule has 1 aliphatic carbocycles. The molecule has 0 radical (unpaired) electrons. The first-order valence-electron chi connectivity index (χ1n) is 7.97. The smallest absolute Gasteiger partial charge is 0.236 e. The molecule has 1 unspecified atom stereocenters. The van der Waals surface area contributed by atoms with Crippen LogP contribution in [0.5, 0.6) is 0 Å². The molecule has 1 fully saturated rings. The number of aryl methyl sites for hydroxylation is 2. The molecular formula is C17H19N3O3S. The highest BCUT2D eigenvalue weighted by Gasteiger charge is 2.32. The zero-order valence-corrected chi connectivity index (χ0v) is 14.4. The zero-order chi connectivity index (χ0) is 16.9. The minimum Gasteiger partial charge on any atom is -0.364 e. The van der Waals surface area contributed by atoms with Gasteiger partial charge in [0.15, 0.2) is 5.37 Å². The Morgan fingerprint density at radius 2 is 2.08 bits per heavy atom. The number of hydrogen-bond donors (Lipinski definition) is 2. The molecule has 1 aliphatic heterocycles. The number of nitrogens with one attached hydrogen (secondary N) is 2. The van der Waals surface area contributed by atoms with Crippen LogP contribution in [0.1, 0.15) is 29.9 Å². The van der Waals surface area contributed by atoms with Gasteiger partial charge in [-0.25, -0.2) is 13.1 Å². The van der Waals surface area contributed by atoms with Gasteiger partial charge in [0.05, 0.1) is 5.69 Å². The zero-order valence-electron chi connectivity index (χ0n) is 13.5. The fourth-order valence-corrected chi connectivity index (χ4v) is 4.37. The Balaban J connectivity index is 1.66. The molecule has 1 saturated carbocycles. The van der Waals surface area contributed by atoms with E-state index in [0.29, 0.717) is 0 Å². The van der Waals surface area contributed by atoms with Crippen molar-refractivity contribution < 1.29 is 12.9 Å². The van der Waals surface area contributed by atoms with Gasteiger partial charge in [0, 0.05) is 17.3 Å². The van der Waals surface area contributed by atoms with Crippen molar-refractivity contribution in [1.29, 1.82) is 0 Å². The molecule has 0 amide bonds. The van der Waals surface area contributed by atoms with Crippen molar-refractivity contribution in [3.05, 3.63) is 41.3 Å². The Morgan fingerprint density at radius 1 is 1.29 bits per heavy atom. The molecule has 1 aromatic carbocycles. The number of hydrogen-bond acceptors (Lipinski definition) is 5. The number of rotatable bonds is 4. The topological polar surface area (TPSA) is 84.2 Å². The maximum Gasteiger partial charge on any atom is 0.236 e. The number of sulfonamides is 1. The number of anilines is 1. The van der Waals surface area contributed by atoms with Gasteiger partial charge in [-0.05, 0) is 50.0 Å². The molecule has 1 aromatic heterocycles. The van der Waals surface area contributed by atoms with Crippen LogP contribution in [0.2, 0.25) is 0 Å². The van der Waals surface area contributed by atoms with Crippen molar-refractivity contribution in [3.63, 3.8) is 0 Å². The quantitative estimate of drug-likeness (QED) is 0.890. The van der Waals surface area contributed by atoms with Crippen LogP contribution in [0.25, 0.3) is 17.2 Å². The van der Waals surface area contributed by atoms with E-state index in [9.17, 15) is 8.42 Å². The molecule has 6 nitrogen and oxygen atoms in total. The van der Waals surface area contributed by atoms with Crippen LogP contribution >= 0.6 is 0 Å². The lowest BCUT2D eigenvalue weighted by Gasteiger charge is -2.23. The number of nitrogens with zero attached hydrogens (tertiary/aromatic N) is 1. The Hall–Kier alpha value is -2.12. The van der Waals surface area contributed by atoms with Gasteiger partial charge in [-0.15, -0.1) is 0 Å². The lowest BCUT2D eigenvalue weighted by Crippen LogP contribution is -2.40. The molecule has 2 aliphatic rings. The van der Waals surface area contributed by atoms with Gasteiger partial charge in [0.25, 0.3) is 0 Å². The van der Waals surface area contributed by atoms with Gasteiger partial charge in [-0.3, -0.25) is 0 Å². The highest BCUT2D eigenvalue weighted by molar-refractivity contribution is 7.90. The number of fused-ring (bicyclic) bond motifs is 1. The molecule has 1 atom stereocenters. The molecule has 2 aromatic rings. The third-order valence-corrected chi connectivity index (χ3v) is 5.97. The van der Waals surface area contributed by atoms with Crippen LogP contribution < -0.4 is 10.0 Å². The van der Waals surface area contributed by atoms with Gasteiger partial charge < -0.3 is 9.84 Å². The van der Waals surface area contributed by atoms with Gasteiger partial charge in [0.2, 0.25) is 10.0 Å². The summed E-state index contributed by atoms with van der Waals surface area (Å²) in [5.41, 5.74) is 4.48. The molecule has 2 heterocycles. The second-order valence-corrected chi connectivity index (χ2v) is 8.20. The van der Waals surface area contributed by atoms with Crippen LogP contribution in [0, 0.1) is 13.8 Å². The fourth-order valence-electron chi connectivity index (χ4n) is 2.96. The lowest BCUT2D eigenvalue weighted by molar-refractivity contribution is 0.393. The highest BCUT2D eigenvalue weighted by atomic mass is 32.2. The normalized spacial score (nSPS) is 19.8. The van der Waals surface area contributed by atoms with Crippen LogP contribution in [0.3, 0.4) is 0 Å². The summed E-state index contributed by atoms with van der Waals surface area (Å²) in [6.45, 7) is 3.76. The predicted molar refractivity (Wildman–Crippen MR) is 92.9 cm³/mol. The summed E-state index contributed by atoms with van der Waals surface area (Å²) in [4.78, 5) is 0. The minimum absolute atomic E-state index is 0.0974. The lowest BCUT2D eigenvalue weighted by atomic mass is 10.00. The molecule has 4 rings (SSSR count). The van der Waals surface area contributed by atoms with Crippen molar-refractivity contribution in [2.45, 2.75) is 38.1 Å². The summed E-state index contributed by atoms with van der Waals surface area (Å²) in [5.74, 6) is 0.748.